The van der Waals surface area contributed by atoms with E-state index >= 15 is 0 Å². The summed E-state index contributed by atoms with van der Waals surface area (Å²) in [5.74, 6) is 0. The first-order valence-corrected chi connectivity index (χ1v) is 6.11. The van der Waals surface area contributed by atoms with Crippen LogP contribution in [0.15, 0.2) is 0 Å². The second-order valence-electron chi connectivity index (χ2n) is 1.53. The topological polar surface area (TPSA) is 9.23 Å². The van der Waals surface area contributed by atoms with Crippen LogP contribution in [0.2, 0.25) is 4.18 Å². The third-order valence-corrected chi connectivity index (χ3v) is 4.14. The van der Waals surface area contributed by atoms with Crippen molar-refractivity contribution in [3.05, 3.63) is 0 Å². The van der Waals surface area contributed by atoms with Gasteiger partial charge < -0.3 is 0 Å². The molecule has 0 atom stereocenters. The molecule has 0 aromatic carbocycles. The molecule has 0 amide bonds. The molecule has 1 nitrogen and oxygen atoms in total. The van der Waals surface area contributed by atoms with Crippen LogP contribution in [0.5, 0.6) is 0 Å². The van der Waals surface area contributed by atoms with Crippen molar-refractivity contribution in [2.24, 2.45) is 0 Å². The Balaban J connectivity index is 2.00. The Morgan fingerprint density at radius 1 is 1.33 bits per heavy atom. The fraction of sp³-hybridized carbons (Fsp3) is 1.00. The second kappa shape index (κ2) is 2.92. The maximum atomic E-state index is 5.26. The molecule has 0 saturated carbocycles. The second-order valence-corrected chi connectivity index (χ2v) is 5.08. The predicted molar refractivity (Wildman–Crippen MR) is 25.7 cm³/mol. The van der Waals surface area contributed by atoms with Gasteiger partial charge in [0.05, 0.1) is 0 Å². The molecule has 0 bridgehead atoms. The van der Waals surface area contributed by atoms with E-state index in [-0.39, 0.29) is 23.3 Å². The van der Waals surface area contributed by atoms with Gasteiger partial charge in [-0.2, -0.15) is 0 Å². The summed E-state index contributed by atoms with van der Waals surface area (Å²) in [6.07, 6.45) is 2.78. The SMILES string of the molecule is C1C[CH2][In][O]C1. The van der Waals surface area contributed by atoms with Gasteiger partial charge in [0.15, 0.2) is 0 Å². The first-order valence-electron chi connectivity index (χ1n) is 2.43. The summed E-state index contributed by atoms with van der Waals surface area (Å²) in [6, 6.07) is 0. The maximum absolute atomic E-state index is 5.26. The fourth-order valence-corrected chi connectivity index (χ4v) is 3.31. The van der Waals surface area contributed by atoms with Gasteiger partial charge >= 0.3 is 49.8 Å². The summed E-state index contributed by atoms with van der Waals surface area (Å²) in [4.78, 5) is 0. The van der Waals surface area contributed by atoms with Gasteiger partial charge in [-0.15, -0.1) is 0 Å². The van der Waals surface area contributed by atoms with Gasteiger partial charge in [0.1, 0.15) is 0 Å². The molecule has 6 heavy (non-hydrogen) atoms. The van der Waals surface area contributed by atoms with E-state index in [0.717, 1.165) is 6.61 Å². The van der Waals surface area contributed by atoms with Crippen molar-refractivity contribution >= 4 is 23.3 Å². The molecule has 1 aliphatic rings. The quantitative estimate of drug-likeness (QED) is 0.545. The molecule has 2 heteroatoms. The molecule has 1 heterocycles. The average molecular weight is 187 g/mol. The van der Waals surface area contributed by atoms with E-state index in [1.807, 2.05) is 0 Å². The molecule has 0 aliphatic carbocycles. The zero-order valence-corrected chi connectivity index (χ0v) is 7.11. The predicted octanol–water partition coefficient (Wildman–Crippen LogP) is 0.834. The Labute approximate surface area is 50.0 Å². The molecule has 0 spiro atoms. The Morgan fingerprint density at radius 3 is 2.50 bits per heavy atom. The van der Waals surface area contributed by atoms with Crippen LogP contribution in [0.1, 0.15) is 12.8 Å². The summed E-state index contributed by atoms with van der Waals surface area (Å²) >= 11 is -0.356. The van der Waals surface area contributed by atoms with Crippen molar-refractivity contribution in [2.45, 2.75) is 17.0 Å². The van der Waals surface area contributed by atoms with E-state index in [0.29, 0.717) is 0 Å². The Bertz CT molecular complexity index is 23.0. The minimum atomic E-state index is -0.356. The summed E-state index contributed by atoms with van der Waals surface area (Å²) in [6.45, 7) is 1.08. The molecule has 0 unspecified atom stereocenters. The molecular formula is C4H8InO. The number of hydrogen-bond donors (Lipinski definition) is 0. The third kappa shape index (κ3) is 1.52. The van der Waals surface area contributed by atoms with E-state index in [4.69, 9.17) is 2.85 Å². The third-order valence-electron chi connectivity index (χ3n) is 0.952. The molecule has 0 aromatic rings. The number of rotatable bonds is 0. The summed E-state index contributed by atoms with van der Waals surface area (Å²) < 4.78 is 6.73. The monoisotopic (exact) mass is 187 g/mol. The minimum absolute atomic E-state index is 0.356. The van der Waals surface area contributed by atoms with E-state index < -0.39 is 0 Å². The van der Waals surface area contributed by atoms with Crippen molar-refractivity contribution in [3.63, 3.8) is 0 Å². The number of hydrogen-bond acceptors (Lipinski definition) is 1. The van der Waals surface area contributed by atoms with Crippen LogP contribution in [0.25, 0.3) is 0 Å². The van der Waals surface area contributed by atoms with E-state index in [9.17, 15) is 0 Å². The van der Waals surface area contributed by atoms with Crippen LogP contribution < -0.4 is 0 Å². The molecule has 1 rings (SSSR count). The first kappa shape index (κ1) is 4.98. The van der Waals surface area contributed by atoms with E-state index in [1.165, 1.54) is 17.0 Å². The molecule has 1 fully saturated rings. The van der Waals surface area contributed by atoms with Crippen LogP contribution in [-0.2, 0) is 2.85 Å². The van der Waals surface area contributed by atoms with Crippen molar-refractivity contribution < 1.29 is 2.85 Å². The van der Waals surface area contributed by atoms with Crippen molar-refractivity contribution in [3.8, 4) is 0 Å². The van der Waals surface area contributed by atoms with Crippen LogP contribution >= 0.6 is 0 Å². The van der Waals surface area contributed by atoms with Gasteiger partial charge in [-0.25, -0.2) is 0 Å². The molecule has 0 N–H and O–H groups in total. The van der Waals surface area contributed by atoms with Gasteiger partial charge in [-0.3, -0.25) is 0 Å². The molecule has 1 radical (unpaired) electrons. The molecular weight excluding hydrogens is 179 g/mol. The van der Waals surface area contributed by atoms with Gasteiger partial charge in [0, 0.05) is 0 Å². The van der Waals surface area contributed by atoms with Crippen LogP contribution in [0.3, 0.4) is 0 Å². The van der Waals surface area contributed by atoms with Crippen molar-refractivity contribution in [2.75, 3.05) is 6.61 Å². The van der Waals surface area contributed by atoms with E-state index in [2.05, 4.69) is 0 Å². The fourth-order valence-electron chi connectivity index (χ4n) is 0.580. The van der Waals surface area contributed by atoms with Crippen LogP contribution in [0.4, 0.5) is 0 Å². The van der Waals surface area contributed by atoms with Gasteiger partial charge in [0.2, 0.25) is 0 Å². The van der Waals surface area contributed by atoms with E-state index in [1.54, 1.807) is 0 Å². The van der Waals surface area contributed by atoms with Gasteiger partial charge in [-0.05, 0) is 0 Å². The summed E-state index contributed by atoms with van der Waals surface area (Å²) in [5, 5.41) is 0. The molecule has 1 aliphatic heterocycles. The van der Waals surface area contributed by atoms with Crippen molar-refractivity contribution in [1.82, 2.24) is 0 Å². The molecule has 0 aromatic heterocycles. The van der Waals surface area contributed by atoms with Crippen molar-refractivity contribution in [1.29, 1.82) is 0 Å². The zero-order valence-electron chi connectivity index (χ0n) is 3.81. The van der Waals surface area contributed by atoms with Gasteiger partial charge in [-0.1, -0.05) is 0 Å². The zero-order chi connectivity index (χ0) is 4.24. The average Bonchev–Trinajstić information content (AvgIpc) is 1.72. The molecule has 33 valence electrons. The van der Waals surface area contributed by atoms with Crippen LogP contribution in [-0.4, -0.2) is 29.9 Å². The standard InChI is InChI=1S/C4H8O.In/c1-2-3-4-5;/h1-4H2;/q-1;+1. The Morgan fingerprint density at radius 2 is 2.33 bits per heavy atom. The first-order chi connectivity index (χ1) is 3.00. The summed E-state index contributed by atoms with van der Waals surface area (Å²) in [5.41, 5.74) is 0. The van der Waals surface area contributed by atoms with Crippen LogP contribution in [0, 0.1) is 0 Å². The Kier molecular flexibility index (Phi) is 2.42. The molecule has 1 saturated heterocycles. The van der Waals surface area contributed by atoms with Gasteiger partial charge in [0.25, 0.3) is 0 Å². The Hall–Kier alpha value is 0.830. The normalized spacial score (nSPS) is 22.7. The summed E-state index contributed by atoms with van der Waals surface area (Å²) in [7, 11) is 0.